The number of imidazole rings is 1. The third-order valence-electron chi connectivity index (χ3n) is 0.961. The lowest BCUT2D eigenvalue weighted by atomic mass is 10.5. The molecule has 0 bridgehead atoms. The number of aromatic amines is 1. The van der Waals surface area contributed by atoms with Crippen molar-refractivity contribution in [3.8, 4) is 0 Å². The molecular weight excluding hydrogens is 200 g/mol. The smallest absolute Gasteiger partial charge is 0.293 e. The molecule has 0 saturated carbocycles. The molecule has 0 radical (unpaired) electrons. The van der Waals surface area contributed by atoms with Crippen molar-refractivity contribution in [3.05, 3.63) is 16.6 Å². The molecule has 0 fully saturated rings. The second-order valence-corrected chi connectivity index (χ2v) is 2.33. The lowest BCUT2D eigenvalue weighted by molar-refractivity contribution is -0.129. The highest BCUT2D eigenvalue weighted by molar-refractivity contribution is 9.10. The highest BCUT2D eigenvalue weighted by Crippen LogP contribution is 2.10. The van der Waals surface area contributed by atoms with E-state index in [2.05, 4.69) is 30.6 Å². The highest BCUT2D eigenvalue weighted by atomic mass is 79.9. The van der Waals surface area contributed by atoms with E-state index in [0.29, 0.717) is 11.1 Å². The van der Waals surface area contributed by atoms with Gasteiger partial charge in [-0.05, 0) is 15.9 Å². The quantitative estimate of drug-likeness (QED) is 0.744. The molecule has 10 heavy (non-hydrogen) atoms. The third-order valence-corrected chi connectivity index (χ3v) is 1.64. The number of rotatable bonds is 3. The molecule has 0 atom stereocenters. The Labute approximate surface area is 65.7 Å². The van der Waals surface area contributed by atoms with Crippen molar-refractivity contribution in [2.75, 3.05) is 0 Å². The van der Waals surface area contributed by atoms with Gasteiger partial charge in [-0.3, -0.25) is 4.79 Å². The SMILES string of the molecule is O=COCc1[nH]cnc1Br. The first kappa shape index (κ1) is 7.27. The first-order chi connectivity index (χ1) is 4.84. The van der Waals surface area contributed by atoms with Crippen LogP contribution in [0.15, 0.2) is 10.9 Å². The molecule has 1 N–H and O–H groups in total. The van der Waals surface area contributed by atoms with Crippen LogP contribution in [0.5, 0.6) is 0 Å². The van der Waals surface area contributed by atoms with Crippen LogP contribution in [-0.2, 0) is 16.1 Å². The van der Waals surface area contributed by atoms with Crippen LogP contribution >= 0.6 is 15.9 Å². The van der Waals surface area contributed by atoms with Crippen molar-refractivity contribution < 1.29 is 9.53 Å². The maximum Gasteiger partial charge on any atom is 0.293 e. The zero-order valence-corrected chi connectivity index (χ0v) is 6.59. The largest absolute Gasteiger partial charge is 0.461 e. The van der Waals surface area contributed by atoms with Crippen LogP contribution in [0.2, 0.25) is 0 Å². The predicted octanol–water partition coefficient (Wildman–Crippen LogP) is 0.845. The Hall–Kier alpha value is -0.840. The summed E-state index contributed by atoms with van der Waals surface area (Å²) in [6, 6.07) is 0. The van der Waals surface area contributed by atoms with Gasteiger partial charge in [-0.1, -0.05) is 0 Å². The van der Waals surface area contributed by atoms with Gasteiger partial charge in [-0.15, -0.1) is 0 Å². The Morgan fingerprint density at radius 1 is 1.90 bits per heavy atom. The van der Waals surface area contributed by atoms with Crippen LogP contribution in [0.3, 0.4) is 0 Å². The third kappa shape index (κ3) is 1.57. The Morgan fingerprint density at radius 3 is 3.20 bits per heavy atom. The molecule has 1 aromatic rings. The summed E-state index contributed by atoms with van der Waals surface area (Å²) in [5, 5.41) is 0. The van der Waals surface area contributed by atoms with E-state index in [-0.39, 0.29) is 6.61 Å². The number of hydrogen-bond donors (Lipinski definition) is 1. The maximum atomic E-state index is 9.74. The number of nitrogens with one attached hydrogen (secondary N) is 1. The van der Waals surface area contributed by atoms with E-state index in [1.807, 2.05) is 0 Å². The highest BCUT2D eigenvalue weighted by Gasteiger charge is 2.00. The van der Waals surface area contributed by atoms with Crippen LogP contribution in [0, 0.1) is 0 Å². The minimum absolute atomic E-state index is 0.226. The standard InChI is InChI=1S/C5H5BrN2O2/c6-5-4(1-10-3-9)7-2-8-5/h2-3H,1H2,(H,7,8). The topological polar surface area (TPSA) is 55.0 Å². The molecule has 0 aromatic carbocycles. The molecule has 0 aliphatic heterocycles. The van der Waals surface area contributed by atoms with E-state index in [1.165, 1.54) is 6.33 Å². The van der Waals surface area contributed by atoms with E-state index < -0.39 is 0 Å². The summed E-state index contributed by atoms with van der Waals surface area (Å²) < 4.78 is 5.15. The monoisotopic (exact) mass is 204 g/mol. The Morgan fingerprint density at radius 2 is 2.70 bits per heavy atom. The number of halogens is 1. The number of carbonyl (C=O) groups excluding carboxylic acids is 1. The zero-order chi connectivity index (χ0) is 7.40. The molecule has 0 amide bonds. The minimum atomic E-state index is 0.226. The summed E-state index contributed by atoms with van der Waals surface area (Å²) in [6.45, 7) is 0.622. The Kier molecular flexibility index (Phi) is 2.44. The van der Waals surface area contributed by atoms with Gasteiger partial charge in [0.25, 0.3) is 6.47 Å². The zero-order valence-electron chi connectivity index (χ0n) is 5.00. The van der Waals surface area contributed by atoms with Gasteiger partial charge in [0.05, 0.1) is 12.0 Å². The average Bonchev–Trinajstić information content (AvgIpc) is 2.31. The molecule has 1 rings (SSSR count). The van der Waals surface area contributed by atoms with E-state index in [9.17, 15) is 4.79 Å². The van der Waals surface area contributed by atoms with Crippen molar-refractivity contribution in [1.29, 1.82) is 0 Å². The predicted molar refractivity (Wildman–Crippen MR) is 37.1 cm³/mol. The average molecular weight is 205 g/mol. The fourth-order valence-corrected chi connectivity index (χ4v) is 0.854. The molecule has 5 heteroatoms. The van der Waals surface area contributed by atoms with Crippen molar-refractivity contribution in [3.63, 3.8) is 0 Å². The molecule has 1 heterocycles. The fraction of sp³-hybridized carbons (Fsp3) is 0.200. The van der Waals surface area contributed by atoms with Crippen molar-refractivity contribution in [2.45, 2.75) is 6.61 Å². The van der Waals surface area contributed by atoms with Gasteiger partial charge in [-0.25, -0.2) is 4.98 Å². The minimum Gasteiger partial charge on any atom is -0.461 e. The summed E-state index contributed by atoms with van der Waals surface area (Å²) in [7, 11) is 0. The van der Waals surface area contributed by atoms with Crippen LogP contribution < -0.4 is 0 Å². The molecule has 4 nitrogen and oxygen atoms in total. The maximum absolute atomic E-state index is 9.74. The molecular formula is C5H5BrN2O2. The van der Waals surface area contributed by atoms with E-state index in [4.69, 9.17) is 0 Å². The molecule has 0 unspecified atom stereocenters. The number of ether oxygens (including phenoxy) is 1. The fourth-order valence-electron chi connectivity index (χ4n) is 0.523. The number of hydrogen-bond acceptors (Lipinski definition) is 3. The summed E-state index contributed by atoms with van der Waals surface area (Å²) >= 11 is 3.16. The second kappa shape index (κ2) is 3.36. The van der Waals surface area contributed by atoms with Gasteiger partial charge in [0.1, 0.15) is 11.2 Å². The molecule has 54 valence electrons. The van der Waals surface area contributed by atoms with E-state index in [0.717, 1.165) is 5.69 Å². The first-order valence-electron chi connectivity index (χ1n) is 2.57. The van der Waals surface area contributed by atoms with E-state index in [1.54, 1.807) is 0 Å². The van der Waals surface area contributed by atoms with Crippen LogP contribution in [0.4, 0.5) is 0 Å². The van der Waals surface area contributed by atoms with Crippen LogP contribution in [0.1, 0.15) is 5.69 Å². The van der Waals surface area contributed by atoms with Gasteiger partial charge < -0.3 is 9.72 Å². The molecule has 0 aliphatic rings. The second-order valence-electron chi connectivity index (χ2n) is 1.58. The van der Waals surface area contributed by atoms with Crippen molar-refractivity contribution >= 4 is 22.4 Å². The normalized spacial score (nSPS) is 9.30. The summed E-state index contributed by atoms with van der Waals surface area (Å²) in [4.78, 5) is 16.4. The van der Waals surface area contributed by atoms with Gasteiger partial charge in [0.15, 0.2) is 0 Å². The number of H-pyrrole nitrogens is 1. The van der Waals surface area contributed by atoms with Gasteiger partial charge in [0, 0.05) is 0 Å². The molecule has 0 spiro atoms. The number of nitrogens with zero attached hydrogens (tertiary/aromatic N) is 1. The van der Waals surface area contributed by atoms with Crippen molar-refractivity contribution in [2.24, 2.45) is 0 Å². The van der Waals surface area contributed by atoms with Gasteiger partial charge >= 0.3 is 0 Å². The van der Waals surface area contributed by atoms with Gasteiger partial charge in [-0.2, -0.15) is 0 Å². The lowest BCUT2D eigenvalue weighted by Gasteiger charge is -1.93. The molecule has 0 aliphatic carbocycles. The molecule has 0 saturated heterocycles. The molecule has 1 aromatic heterocycles. The lowest BCUT2D eigenvalue weighted by Crippen LogP contribution is -1.90. The summed E-state index contributed by atoms with van der Waals surface area (Å²) in [5.74, 6) is 0. The van der Waals surface area contributed by atoms with Gasteiger partial charge in [0.2, 0.25) is 0 Å². The Balaban J connectivity index is 2.56. The number of carbonyl (C=O) groups is 1. The van der Waals surface area contributed by atoms with Crippen molar-refractivity contribution in [1.82, 2.24) is 9.97 Å². The van der Waals surface area contributed by atoms with E-state index >= 15 is 0 Å². The Bertz CT molecular complexity index is 223. The van der Waals surface area contributed by atoms with Crippen LogP contribution in [-0.4, -0.2) is 16.4 Å². The van der Waals surface area contributed by atoms with Crippen LogP contribution in [0.25, 0.3) is 0 Å². The first-order valence-corrected chi connectivity index (χ1v) is 3.37. The number of aromatic nitrogens is 2. The summed E-state index contributed by atoms with van der Waals surface area (Å²) in [6.07, 6.45) is 1.52. The summed E-state index contributed by atoms with van der Waals surface area (Å²) in [5.41, 5.74) is 0.757.